The quantitative estimate of drug-likeness (QED) is 0.553. The first-order valence-corrected chi connectivity index (χ1v) is 8.95. The Hall–Kier alpha value is -3.14. The van der Waals surface area contributed by atoms with Crippen LogP contribution in [0.3, 0.4) is 0 Å². The maximum absolute atomic E-state index is 12.0. The van der Waals surface area contributed by atoms with Crippen LogP contribution in [0.4, 0.5) is 0 Å². The average molecular weight is 392 g/mol. The Labute approximate surface area is 159 Å². The molecule has 0 atom stereocenters. The summed E-state index contributed by atoms with van der Waals surface area (Å²) in [5.74, 6) is -1.02. The highest BCUT2D eigenvalue weighted by Crippen LogP contribution is 2.07. The van der Waals surface area contributed by atoms with Gasteiger partial charge in [0.15, 0.2) is 0 Å². The van der Waals surface area contributed by atoms with Crippen LogP contribution in [0.15, 0.2) is 40.3 Å². The first kappa shape index (κ1) is 20.2. The highest BCUT2D eigenvalue weighted by atomic mass is 32.1. The molecule has 144 valence electrons. The summed E-state index contributed by atoms with van der Waals surface area (Å²) in [4.78, 5) is 48.9. The molecule has 0 saturated carbocycles. The third-order valence-electron chi connectivity index (χ3n) is 3.44. The summed E-state index contributed by atoms with van der Waals surface area (Å²) in [6.07, 6.45) is 1.50. The van der Waals surface area contributed by atoms with Crippen LogP contribution in [0, 0.1) is 0 Å². The Kier molecular flexibility index (Phi) is 7.56. The second-order valence-corrected chi connectivity index (χ2v) is 6.49. The van der Waals surface area contributed by atoms with Gasteiger partial charge in [-0.05, 0) is 23.6 Å². The lowest BCUT2D eigenvalue weighted by atomic mass is 10.4. The van der Waals surface area contributed by atoms with Gasteiger partial charge in [0, 0.05) is 7.05 Å². The van der Waals surface area contributed by atoms with E-state index < -0.39 is 11.8 Å². The number of rotatable bonds is 9. The third kappa shape index (κ3) is 6.94. The lowest BCUT2D eigenvalue weighted by Gasteiger charge is -2.17. The van der Waals surface area contributed by atoms with Crippen LogP contribution in [-0.2, 0) is 20.9 Å². The molecule has 27 heavy (non-hydrogen) atoms. The van der Waals surface area contributed by atoms with Crippen LogP contribution in [0.2, 0.25) is 0 Å². The molecular formula is C17H20N4O5S. The van der Waals surface area contributed by atoms with Crippen molar-refractivity contribution in [3.8, 4) is 0 Å². The van der Waals surface area contributed by atoms with E-state index in [1.54, 1.807) is 29.6 Å². The number of hydrogen-bond acceptors (Lipinski definition) is 6. The molecule has 0 unspecified atom stereocenters. The largest absolute Gasteiger partial charge is 0.467 e. The Morgan fingerprint density at radius 3 is 2.52 bits per heavy atom. The first-order valence-electron chi connectivity index (χ1n) is 8.07. The minimum atomic E-state index is -0.496. The summed E-state index contributed by atoms with van der Waals surface area (Å²) in [7, 11) is 1.46. The van der Waals surface area contributed by atoms with Gasteiger partial charge in [0.2, 0.25) is 17.7 Å². The summed E-state index contributed by atoms with van der Waals surface area (Å²) >= 11 is 1.27. The third-order valence-corrected chi connectivity index (χ3v) is 4.31. The molecule has 0 saturated heterocycles. The van der Waals surface area contributed by atoms with Gasteiger partial charge >= 0.3 is 0 Å². The summed E-state index contributed by atoms with van der Waals surface area (Å²) in [5, 5.41) is 9.24. The standard InChI is InChI=1S/C17H20N4O5S/c1-21(11-15(23)18-8-12-4-2-6-26-12)16(24)10-19-14(22)9-20-17(25)13-5-3-7-27-13/h2-7H,8-11H2,1H3,(H,18,23)(H,19,22)(H,20,25). The van der Waals surface area contributed by atoms with Crippen LogP contribution < -0.4 is 16.0 Å². The van der Waals surface area contributed by atoms with Crippen LogP contribution in [0.5, 0.6) is 0 Å². The topological polar surface area (TPSA) is 121 Å². The number of thiophene rings is 1. The van der Waals surface area contributed by atoms with Gasteiger partial charge in [-0.15, -0.1) is 11.3 Å². The van der Waals surface area contributed by atoms with E-state index in [0.29, 0.717) is 10.6 Å². The predicted molar refractivity (Wildman–Crippen MR) is 97.9 cm³/mol. The smallest absolute Gasteiger partial charge is 0.261 e. The van der Waals surface area contributed by atoms with Crippen molar-refractivity contribution < 1.29 is 23.6 Å². The molecule has 0 aliphatic rings. The molecule has 0 aliphatic heterocycles. The Balaban J connectivity index is 1.62. The molecule has 0 aromatic carbocycles. The molecule has 2 rings (SSSR count). The number of carbonyl (C=O) groups excluding carboxylic acids is 4. The van der Waals surface area contributed by atoms with Crippen molar-refractivity contribution in [3.05, 3.63) is 46.5 Å². The van der Waals surface area contributed by atoms with Crippen molar-refractivity contribution in [2.75, 3.05) is 26.7 Å². The lowest BCUT2D eigenvalue weighted by molar-refractivity contribution is -0.135. The van der Waals surface area contributed by atoms with Crippen molar-refractivity contribution in [2.45, 2.75) is 6.54 Å². The van der Waals surface area contributed by atoms with Gasteiger partial charge in [-0.3, -0.25) is 19.2 Å². The molecule has 4 amide bonds. The highest BCUT2D eigenvalue weighted by Gasteiger charge is 2.15. The van der Waals surface area contributed by atoms with Gasteiger partial charge in [-0.1, -0.05) is 6.07 Å². The first-order chi connectivity index (χ1) is 13.0. The molecule has 0 radical (unpaired) electrons. The van der Waals surface area contributed by atoms with Crippen molar-refractivity contribution in [1.82, 2.24) is 20.9 Å². The molecule has 10 heteroatoms. The zero-order valence-corrected chi connectivity index (χ0v) is 15.5. The van der Waals surface area contributed by atoms with Crippen molar-refractivity contribution in [2.24, 2.45) is 0 Å². The van der Waals surface area contributed by atoms with Crippen molar-refractivity contribution >= 4 is 35.0 Å². The molecule has 9 nitrogen and oxygen atoms in total. The molecule has 2 heterocycles. The van der Waals surface area contributed by atoms with Gasteiger partial charge < -0.3 is 25.3 Å². The number of amides is 4. The second kappa shape index (κ2) is 10.1. The maximum Gasteiger partial charge on any atom is 0.261 e. The molecule has 0 aliphatic carbocycles. The summed E-state index contributed by atoms with van der Waals surface area (Å²) in [5.41, 5.74) is 0. The lowest BCUT2D eigenvalue weighted by Crippen LogP contribution is -2.45. The van der Waals surface area contributed by atoms with E-state index >= 15 is 0 Å². The van der Waals surface area contributed by atoms with E-state index in [9.17, 15) is 19.2 Å². The number of nitrogens with one attached hydrogen (secondary N) is 3. The number of likely N-dealkylation sites (N-methyl/N-ethyl adjacent to an activating group) is 1. The summed E-state index contributed by atoms with van der Waals surface area (Å²) < 4.78 is 5.09. The zero-order valence-electron chi connectivity index (χ0n) is 14.7. The second-order valence-electron chi connectivity index (χ2n) is 5.54. The van der Waals surface area contributed by atoms with Gasteiger partial charge in [-0.2, -0.15) is 0 Å². The number of furan rings is 1. The zero-order chi connectivity index (χ0) is 19.6. The fourth-order valence-electron chi connectivity index (χ4n) is 1.99. The van der Waals surface area contributed by atoms with E-state index in [1.165, 1.54) is 29.5 Å². The minimum absolute atomic E-state index is 0.148. The number of hydrogen-bond donors (Lipinski definition) is 3. The number of nitrogens with zero attached hydrogens (tertiary/aromatic N) is 1. The van der Waals surface area contributed by atoms with E-state index in [-0.39, 0.29) is 38.0 Å². The average Bonchev–Trinajstić information content (AvgIpc) is 3.36. The van der Waals surface area contributed by atoms with E-state index in [0.717, 1.165) is 0 Å². The monoisotopic (exact) mass is 392 g/mol. The van der Waals surface area contributed by atoms with E-state index in [4.69, 9.17) is 4.42 Å². The molecule has 2 aromatic heterocycles. The molecule has 2 aromatic rings. The molecule has 0 fully saturated rings. The van der Waals surface area contributed by atoms with E-state index in [2.05, 4.69) is 16.0 Å². The van der Waals surface area contributed by atoms with Gasteiger partial charge in [0.25, 0.3) is 5.91 Å². The minimum Gasteiger partial charge on any atom is -0.467 e. The van der Waals surface area contributed by atoms with Crippen LogP contribution >= 0.6 is 11.3 Å². The summed E-state index contributed by atoms with van der Waals surface area (Å²) in [6.45, 7) is -0.425. The predicted octanol–water partition coefficient (Wildman–Crippen LogP) is -0.0381. The normalized spacial score (nSPS) is 10.1. The van der Waals surface area contributed by atoms with Crippen LogP contribution in [-0.4, -0.2) is 55.2 Å². The molecule has 3 N–H and O–H groups in total. The fourth-order valence-corrected chi connectivity index (χ4v) is 2.63. The maximum atomic E-state index is 12.0. The van der Waals surface area contributed by atoms with Crippen molar-refractivity contribution in [3.63, 3.8) is 0 Å². The molecular weight excluding hydrogens is 372 g/mol. The van der Waals surface area contributed by atoms with Gasteiger partial charge in [0.05, 0.1) is 37.3 Å². The Morgan fingerprint density at radius 1 is 1.04 bits per heavy atom. The fraction of sp³-hybridized carbons (Fsp3) is 0.294. The van der Waals surface area contributed by atoms with Gasteiger partial charge in [-0.25, -0.2) is 0 Å². The molecule has 0 spiro atoms. The Bertz CT molecular complexity index is 773. The van der Waals surface area contributed by atoms with Gasteiger partial charge in [0.1, 0.15) is 5.76 Å². The van der Waals surface area contributed by atoms with Crippen LogP contribution in [0.25, 0.3) is 0 Å². The molecule has 0 bridgehead atoms. The SMILES string of the molecule is CN(CC(=O)NCc1ccco1)C(=O)CNC(=O)CNC(=O)c1cccs1. The number of carbonyl (C=O) groups is 4. The van der Waals surface area contributed by atoms with E-state index in [1.807, 2.05) is 0 Å². The summed E-state index contributed by atoms with van der Waals surface area (Å²) in [6, 6.07) is 6.82. The van der Waals surface area contributed by atoms with Crippen molar-refractivity contribution in [1.29, 1.82) is 0 Å². The van der Waals surface area contributed by atoms with Crippen LogP contribution in [0.1, 0.15) is 15.4 Å². The Morgan fingerprint density at radius 2 is 1.85 bits per heavy atom. The highest BCUT2D eigenvalue weighted by molar-refractivity contribution is 7.12.